The molecule has 6 atom stereocenters. The van der Waals surface area contributed by atoms with Crippen molar-refractivity contribution in [2.24, 2.45) is 5.92 Å². The standard InChI is InChI=1S/C43H55N7O9/c1-27(2)21-33(38(52)43(4)26-57-43)46-40(54)35(23-30-13-9-6-10-14-30)50-28(3)22-34(41(50)55)47-39(53)32(16-15-29-11-7-5-8-12-29)45-36(51)24-31-25-37(59-48-31)58-42(56)49-19-17-44-18-20-49/h5-14,25,27-28,32-35,44H,15-24,26H2,1-4H3,(H,45,51)(H,46,54)(H,47,53)/t28?,32-,33-,34-,35-,43?/m0/s1. The van der Waals surface area contributed by atoms with Gasteiger partial charge in [-0.15, -0.1) is 0 Å². The van der Waals surface area contributed by atoms with Crippen LogP contribution in [0.3, 0.4) is 0 Å². The van der Waals surface area contributed by atoms with E-state index < -0.39 is 65.5 Å². The summed E-state index contributed by atoms with van der Waals surface area (Å²) in [7, 11) is 0. The molecule has 6 rings (SSSR count). The molecule has 16 nitrogen and oxygen atoms in total. The van der Waals surface area contributed by atoms with Crippen molar-refractivity contribution in [3.05, 3.63) is 83.6 Å². The molecule has 3 saturated heterocycles. The molecule has 3 aliphatic rings. The van der Waals surface area contributed by atoms with E-state index in [1.165, 1.54) is 15.9 Å². The van der Waals surface area contributed by atoms with Crippen LogP contribution in [0.4, 0.5) is 4.79 Å². The highest BCUT2D eigenvalue weighted by Crippen LogP contribution is 2.30. The number of carbonyl (C=O) groups is 6. The molecule has 2 aromatic carbocycles. The Morgan fingerprint density at radius 2 is 1.61 bits per heavy atom. The van der Waals surface area contributed by atoms with Gasteiger partial charge < -0.3 is 45.1 Å². The van der Waals surface area contributed by atoms with Crippen LogP contribution >= 0.6 is 0 Å². The van der Waals surface area contributed by atoms with Gasteiger partial charge in [0.2, 0.25) is 23.6 Å². The first-order chi connectivity index (χ1) is 28.3. The third-order valence-electron chi connectivity index (χ3n) is 10.9. The average Bonchev–Trinajstić information content (AvgIpc) is 3.73. The molecule has 0 spiro atoms. The first-order valence-corrected chi connectivity index (χ1v) is 20.4. The molecule has 316 valence electrons. The lowest BCUT2D eigenvalue weighted by Gasteiger charge is -2.33. The highest BCUT2D eigenvalue weighted by molar-refractivity contribution is 5.99. The molecule has 0 bridgehead atoms. The molecule has 0 radical (unpaired) electrons. The maximum absolute atomic E-state index is 14.3. The zero-order chi connectivity index (χ0) is 42.1. The van der Waals surface area contributed by atoms with Gasteiger partial charge in [-0.25, -0.2) is 4.79 Å². The summed E-state index contributed by atoms with van der Waals surface area (Å²) in [5, 5.41) is 15.7. The molecule has 16 heteroatoms. The molecule has 59 heavy (non-hydrogen) atoms. The van der Waals surface area contributed by atoms with Crippen molar-refractivity contribution in [3.63, 3.8) is 0 Å². The van der Waals surface area contributed by atoms with Gasteiger partial charge in [-0.2, -0.15) is 0 Å². The summed E-state index contributed by atoms with van der Waals surface area (Å²) in [6.45, 7) is 10.0. The number of rotatable bonds is 18. The number of aryl methyl sites for hydroxylation is 1. The first kappa shape index (κ1) is 43.0. The minimum absolute atomic E-state index is 0.0991. The molecule has 4 N–H and O–H groups in total. The highest BCUT2D eigenvalue weighted by Gasteiger charge is 2.51. The second-order valence-corrected chi connectivity index (χ2v) is 16.2. The topological polar surface area (TPSA) is 205 Å². The SMILES string of the molecule is CC(C)C[C@H](NC(=O)[C@H](Cc1ccccc1)N1C(=O)[C@@H](NC(=O)[C@H](CCc2ccccc2)NC(=O)Cc2cc(OC(=O)N3CCNCC3)on2)CC1C)C(=O)C1(C)CO1. The molecular weight excluding hydrogens is 759 g/mol. The summed E-state index contributed by atoms with van der Waals surface area (Å²) >= 11 is 0. The molecular formula is C43H55N7O9. The fraction of sp³-hybridized carbons (Fsp3) is 0.512. The lowest BCUT2D eigenvalue weighted by Crippen LogP contribution is -2.57. The number of carbonyl (C=O) groups excluding carboxylic acids is 6. The van der Waals surface area contributed by atoms with E-state index in [2.05, 4.69) is 26.4 Å². The van der Waals surface area contributed by atoms with Crippen LogP contribution in [0.15, 0.2) is 71.3 Å². The van der Waals surface area contributed by atoms with Gasteiger partial charge in [0.05, 0.1) is 24.8 Å². The number of epoxide rings is 1. The second-order valence-electron chi connectivity index (χ2n) is 16.2. The van der Waals surface area contributed by atoms with Crippen LogP contribution in [-0.4, -0.2) is 119 Å². The van der Waals surface area contributed by atoms with Gasteiger partial charge in [-0.3, -0.25) is 24.0 Å². The number of nitrogens with zero attached hydrogens (tertiary/aromatic N) is 3. The number of amides is 5. The zero-order valence-electron chi connectivity index (χ0n) is 34.1. The monoisotopic (exact) mass is 813 g/mol. The lowest BCUT2D eigenvalue weighted by molar-refractivity contribution is -0.142. The number of hydrogen-bond acceptors (Lipinski definition) is 11. The van der Waals surface area contributed by atoms with Crippen molar-refractivity contribution in [2.45, 2.75) is 102 Å². The average molecular weight is 814 g/mol. The van der Waals surface area contributed by atoms with Crippen LogP contribution in [0.2, 0.25) is 0 Å². The number of nitrogens with one attached hydrogen (secondary N) is 4. The number of benzene rings is 2. The summed E-state index contributed by atoms with van der Waals surface area (Å²) in [6.07, 6.45) is 0.643. The van der Waals surface area contributed by atoms with E-state index in [1.54, 1.807) is 6.92 Å². The van der Waals surface area contributed by atoms with Crippen molar-refractivity contribution in [1.82, 2.24) is 36.2 Å². The maximum Gasteiger partial charge on any atom is 0.417 e. The summed E-state index contributed by atoms with van der Waals surface area (Å²) in [5.74, 6) is -2.25. The van der Waals surface area contributed by atoms with E-state index in [1.807, 2.05) is 81.4 Å². The molecule has 0 aliphatic carbocycles. The van der Waals surface area contributed by atoms with Crippen LogP contribution in [0.5, 0.6) is 5.95 Å². The fourth-order valence-corrected chi connectivity index (χ4v) is 7.61. The Kier molecular flexibility index (Phi) is 14.2. The molecule has 3 aliphatic heterocycles. The van der Waals surface area contributed by atoms with Gasteiger partial charge in [0.15, 0.2) is 5.78 Å². The Morgan fingerprint density at radius 1 is 0.949 bits per heavy atom. The lowest BCUT2D eigenvalue weighted by atomic mass is 9.92. The number of piperazine rings is 1. The van der Waals surface area contributed by atoms with E-state index in [0.717, 1.165) is 11.1 Å². The van der Waals surface area contributed by atoms with E-state index >= 15 is 0 Å². The number of ether oxygens (including phenoxy) is 2. The largest absolute Gasteiger partial charge is 0.417 e. The Labute approximate surface area is 344 Å². The van der Waals surface area contributed by atoms with Gasteiger partial charge in [0.1, 0.15) is 23.7 Å². The van der Waals surface area contributed by atoms with Gasteiger partial charge in [-0.05, 0) is 56.6 Å². The van der Waals surface area contributed by atoms with Crippen molar-refractivity contribution >= 4 is 35.5 Å². The third-order valence-corrected chi connectivity index (χ3v) is 10.9. The van der Waals surface area contributed by atoms with Gasteiger partial charge in [-0.1, -0.05) is 79.7 Å². The maximum atomic E-state index is 14.3. The number of aromatic nitrogens is 1. The number of hydrogen-bond donors (Lipinski definition) is 4. The van der Waals surface area contributed by atoms with E-state index in [9.17, 15) is 28.8 Å². The molecule has 3 aromatic rings. The summed E-state index contributed by atoms with van der Waals surface area (Å²) in [6, 6.07) is 15.9. The third kappa shape index (κ3) is 11.5. The summed E-state index contributed by atoms with van der Waals surface area (Å²) in [5.41, 5.74) is 1.03. The Bertz CT molecular complexity index is 1950. The number of likely N-dealkylation sites (tertiary alicyclic amines) is 1. The van der Waals surface area contributed by atoms with Crippen LogP contribution in [-0.2, 0) is 48.0 Å². The van der Waals surface area contributed by atoms with Crippen LogP contribution in [0, 0.1) is 5.92 Å². The van der Waals surface area contributed by atoms with Crippen LogP contribution < -0.4 is 26.0 Å². The predicted molar refractivity (Wildman–Crippen MR) is 215 cm³/mol. The van der Waals surface area contributed by atoms with Gasteiger partial charge in [0.25, 0.3) is 0 Å². The Hall–Kier alpha value is -5.61. The van der Waals surface area contributed by atoms with E-state index in [4.69, 9.17) is 14.0 Å². The molecule has 0 saturated carbocycles. The number of ketones is 1. The molecule has 1 aromatic heterocycles. The molecule has 3 fully saturated rings. The van der Waals surface area contributed by atoms with E-state index in [-0.39, 0.29) is 55.6 Å². The summed E-state index contributed by atoms with van der Waals surface area (Å²) in [4.78, 5) is 85.0. The zero-order valence-corrected chi connectivity index (χ0v) is 34.1. The van der Waals surface area contributed by atoms with Crippen LogP contribution in [0.1, 0.15) is 63.8 Å². The van der Waals surface area contributed by atoms with Crippen molar-refractivity contribution in [1.29, 1.82) is 0 Å². The number of Topliss-reactive ketones (excluding diaryl/α,β-unsaturated/α-hetero) is 1. The first-order valence-electron chi connectivity index (χ1n) is 20.4. The minimum Gasteiger partial charge on any atom is -0.374 e. The fourth-order valence-electron chi connectivity index (χ4n) is 7.61. The quantitative estimate of drug-likeness (QED) is 0.137. The minimum atomic E-state index is -1.03. The molecule has 5 amide bonds. The summed E-state index contributed by atoms with van der Waals surface area (Å²) < 4.78 is 15.9. The normalized spacial score (nSPS) is 21.7. The van der Waals surface area contributed by atoms with Gasteiger partial charge >= 0.3 is 12.0 Å². The predicted octanol–water partition coefficient (Wildman–Crippen LogP) is 2.34. The van der Waals surface area contributed by atoms with Crippen molar-refractivity contribution in [3.8, 4) is 5.95 Å². The highest BCUT2D eigenvalue weighted by atomic mass is 16.7. The second kappa shape index (κ2) is 19.4. The van der Waals surface area contributed by atoms with Crippen molar-refractivity contribution < 1.29 is 42.8 Å². The van der Waals surface area contributed by atoms with Crippen molar-refractivity contribution in [2.75, 3.05) is 32.8 Å². The smallest absolute Gasteiger partial charge is 0.374 e. The Morgan fingerprint density at radius 3 is 2.25 bits per heavy atom. The molecule has 4 heterocycles. The van der Waals surface area contributed by atoms with E-state index in [0.29, 0.717) is 39.0 Å². The Balaban J connectivity index is 1.14. The van der Waals surface area contributed by atoms with Crippen LogP contribution in [0.25, 0.3) is 0 Å². The van der Waals surface area contributed by atoms with Gasteiger partial charge in [0, 0.05) is 44.7 Å². The molecule has 2 unspecified atom stereocenters.